The molecular formula is C37H41N3O8S. The molecule has 0 fully saturated rings. The first kappa shape index (κ1) is 35.4. The van der Waals surface area contributed by atoms with Gasteiger partial charge in [0.1, 0.15) is 17.2 Å². The molecular weight excluding hydrogens is 646 g/mol. The summed E-state index contributed by atoms with van der Waals surface area (Å²) in [4.78, 5) is 19.5. The molecule has 49 heavy (non-hydrogen) atoms. The van der Waals surface area contributed by atoms with E-state index in [1.807, 2.05) is 24.3 Å². The molecule has 1 aliphatic rings. The molecule has 1 aliphatic heterocycles. The van der Waals surface area contributed by atoms with Crippen molar-refractivity contribution in [2.24, 2.45) is 4.99 Å². The third-order valence-electron chi connectivity index (χ3n) is 8.18. The SMILES string of the molecule is COc1ccc(CCNNC(=O)[C@@]2(CCS(=O)(=O)c3ccccc3)N=C(c3ccc(OCCCO)cc3)O[C@H]2c2cccc(OC)c2)cc1. The highest BCUT2D eigenvalue weighted by atomic mass is 32.2. The summed E-state index contributed by atoms with van der Waals surface area (Å²) >= 11 is 0. The van der Waals surface area contributed by atoms with E-state index in [4.69, 9.17) is 29.0 Å². The van der Waals surface area contributed by atoms with Crippen molar-refractivity contribution in [3.05, 3.63) is 120 Å². The third kappa shape index (κ3) is 8.77. The van der Waals surface area contributed by atoms with Crippen LogP contribution in [0.5, 0.6) is 17.2 Å². The molecule has 0 unspecified atom stereocenters. The van der Waals surface area contributed by atoms with Gasteiger partial charge in [-0.1, -0.05) is 42.5 Å². The summed E-state index contributed by atoms with van der Waals surface area (Å²) in [6.45, 7) is 0.778. The molecule has 2 atom stereocenters. The van der Waals surface area contributed by atoms with Crippen LogP contribution in [-0.2, 0) is 25.8 Å². The average Bonchev–Trinajstić information content (AvgIpc) is 3.54. The van der Waals surface area contributed by atoms with E-state index in [9.17, 15) is 13.2 Å². The van der Waals surface area contributed by atoms with Crippen LogP contribution in [0.3, 0.4) is 0 Å². The summed E-state index contributed by atoms with van der Waals surface area (Å²) < 4.78 is 50.0. The van der Waals surface area contributed by atoms with E-state index in [0.717, 1.165) is 11.3 Å². The van der Waals surface area contributed by atoms with Crippen LogP contribution in [0.4, 0.5) is 0 Å². The lowest BCUT2D eigenvalue weighted by molar-refractivity contribution is -0.130. The summed E-state index contributed by atoms with van der Waals surface area (Å²) in [5, 5.41) is 9.08. The number of rotatable bonds is 17. The predicted molar refractivity (Wildman–Crippen MR) is 186 cm³/mol. The summed E-state index contributed by atoms with van der Waals surface area (Å²) in [6, 6.07) is 29.9. The molecule has 0 saturated heterocycles. The van der Waals surface area contributed by atoms with Gasteiger partial charge in [0.2, 0.25) is 5.90 Å². The van der Waals surface area contributed by atoms with Crippen molar-refractivity contribution in [3.8, 4) is 17.2 Å². The number of carbonyl (C=O) groups is 1. The Morgan fingerprint density at radius 1 is 0.898 bits per heavy atom. The van der Waals surface area contributed by atoms with Gasteiger partial charge in [0, 0.05) is 31.6 Å². The number of benzene rings is 4. The van der Waals surface area contributed by atoms with Crippen molar-refractivity contribution >= 4 is 21.6 Å². The molecule has 0 saturated carbocycles. The lowest BCUT2D eigenvalue weighted by atomic mass is 9.85. The van der Waals surface area contributed by atoms with Crippen LogP contribution < -0.4 is 25.1 Å². The van der Waals surface area contributed by atoms with Gasteiger partial charge in [-0.3, -0.25) is 10.2 Å². The zero-order chi connectivity index (χ0) is 34.7. The van der Waals surface area contributed by atoms with E-state index < -0.39 is 27.4 Å². The highest BCUT2D eigenvalue weighted by Gasteiger charge is 2.53. The van der Waals surface area contributed by atoms with E-state index in [1.54, 1.807) is 80.9 Å². The molecule has 0 radical (unpaired) electrons. The molecule has 11 nitrogen and oxygen atoms in total. The number of aliphatic hydroxyl groups is 1. The lowest BCUT2D eigenvalue weighted by Gasteiger charge is -2.30. The van der Waals surface area contributed by atoms with Gasteiger partial charge in [0.25, 0.3) is 5.91 Å². The number of methoxy groups -OCH3 is 2. The molecule has 5 rings (SSSR count). The molecule has 1 amide bonds. The molecule has 258 valence electrons. The van der Waals surface area contributed by atoms with Crippen molar-refractivity contribution < 1.29 is 37.3 Å². The number of hydrogen-bond acceptors (Lipinski definition) is 10. The quantitative estimate of drug-likeness (QED) is 0.108. The number of nitrogens with one attached hydrogen (secondary N) is 2. The van der Waals surface area contributed by atoms with E-state index in [-0.39, 0.29) is 29.6 Å². The second-order valence-corrected chi connectivity index (χ2v) is 13.5. The number of amides is 1. The van der Waals surface area contributed by atoms with Crippen molar-refractivity contribution in [2.75, 3.05) is 39.7 Å². The van der Waals surface area contributed by atoms with Crippen LogP contribution in [0.1, 0.15) is 35.6 Å². The maximum absolute atomic E-state index is 14.4. The first-order valence-corrected chi connectivity index (χ1v) is 17.6. The monoisotopic (exact) mass is 687 g/mol. The first-order valence-electron chi connectivity index (χ1n) is 16.0. The number of hydrazine groups is 1. The Bertz CT molecular complexity index is 1820. The van der Waals surface area contributed by atoms with Crippen LogP contribution in [0, 0.1) is 0 Å². The number of carbonyl (C=O) groups excluding carboxylic acids is 1. The summed E-state index contributed by atoms with van der Waals surface area (Å²) in [7, 11) is -0.649. The zero-order valence-electron chi connectivity index (χ0n) is 27.5. The number of hydrogen-bond donors (Lipinski definition) is 3. The Hall–Kier alpha value is -4.91. The number of ether oxygens (including phenoxy) is 4. The van der Waals surface area contributed by atoms with Crippen molar-refractivity contribution in [2.45, 2.75) is 35.8 Å². The summed E-state index contributed by atoms with van der Waals surface area (Å²) in [5.74, 6) is 1.16. The van der Waals surface area contributed by atoms with Crippen LogP contribution >= 0.6 is 0 Å². The van der Waals surface area contributed by atoms with Crippen molar-refractivity contribution in [1.29, 1.82) is 0 Å². The zero-order valence-corrected chi connectivity index (χ0v) is 28.3. The predicted octanol–water partition coefficient (Wildman–Crippen LogP) is 4.45. The number of sulfone groups is 1. The second-order valence-electron chi connectivity index (χ2n) is 11.4. The molecule has 4 aromatic carbocycles. The topological polar surface area (TPSA) is 145 Å². The van der Waals surface area contributed by atoms with E-state index in [1.165, 1.54) is 12.1 Å². The number of nitrogens with zero attached hydrogens (tertiary/aromatic N) is 1. The fourth-order valence-corrected chi connectivity index (χ4v) is 6.85. The van der Waals surface area contributed by atoms with Gasteiger partial charge in [-0.25, -0.2) is 18.8 Å². The second kappa shape index (κ2) is 16.5. The number of aliphatic hydroxyl groups excluding tert-OH is 1. The van der Waals surface area contributed by atoms with Crippen LogP contribution in [0.15, 0.2) is 113 Å². The van der Waals surface area contributed by atoms with Crippen molar-refractivity contribution in [1.82, 2.24) is 10.9 Å². The molecule has 4 aromatic rings. The summed E-state index contributed by atoms with van der Waals surface area (Å²) in [5.41, 5.74) is 6.33. The molecule has 0 aliphatic carbocycles. The first-order chi connectivity index (χ1) is 23.8. The fourth-order valence-electron chi connectivity index (χ4n) is 5.46. The van der Waals surface area contributed by atoms with Gasteiger partial charge < -0.3 is 24.1 Å². The Morgan fingerprint density at radius 3 is 2.31 bits per heavy atom. The molecule has 12 heteroatoms. The van der Waals surface area contributed by atoms with Gasteiger partial charge in [0.15, 0.2) is 21.5 Å². The Kier molecular flexibility index (Phi) is 11.9. The Balaban J connectivity index is 1.48. The maximum Gasteiger partial charge on any atom is 0.266 e. The fraction of sp³-hybridized carbons (Fsp3) is 0.297. The molecule has 1 heterocycles. The smallest absolute Gasteiger partial charge is 0.266 e. The lowest BCUT2D eigenvalue weighted by Crippen LogP contribution is -2.53. The molecule has 3 N–H and O–H groups in total. The van der Waals surface area contributed by atoms with E-state index >= 15 is 0 Å². The van der Waals surface area contributed by atoms with Gasteiger partial charge in [-0.2, -0.15) is 0 Å². The van der Waals surface area contributed by atoms with E-state index in [0.29, 0.717) is 48.6 Å². The Labute approximate surface area is 286 Å². The standard InChI is InChI=1S/C37H41N3O8S/c1-45-30-16-12-27(13-17-30)20-22-38-40-36(42)37(21-25-49(43,44)33-10-4-3-5-11-33)34(29-8-6-9-32(26-29)46-2)48-35(39-37)28-14-18-31(19-15-28)47-24-7-23-41/h3-6,8-19,26,34,38,41H,7,20-25H2,1-2H3,(H,40,42)/t34-,37-/m0/s1. The van der Waals surface area contributed by atoms with Crippen molar-refractivity contribution in [3.63, 3.8) is 0 Å². The van der Waals surface area contributed by atoms with Gasteiger partial charge in [-0.15, -0.1) is 0 Å². The molecule has 0 spiro atoms. The van der Waals surface area contributed by atoms with Gasteiger partial charge in [-0.05, 0) is 78.2 Å². The number of aliphatic imine (C=N–C) groups is 1. The van der Waals surface area contributed by atoms with Crippen LogP contribution in [-0.4, -0.2) is 70.6 Å². The minimum Gasteiger partial charge on any atom is -0.497 e. The minimum atomic E-state index is -3.80. The van der Waals surface area contributed by atoms with Gasteiger partial charge >= 0.3 is 0 Å². The third-order valence-corrected chi connectivity index (χ3v) is 9.91. The average molecular weight is 688 g/mol. The van der Waals surface area contributed by atoms with Crippen LogP contribution in [0.25, 0.3) is 0 Å². The summed E-state index contributed by atoms with van der Waals surface area (Å²) in [6.07, 6.45) is -0.0644. The van der Waals surface area contributed by atoms with Gasteiger partial charge in [0.05, 0.1) is 31.5 Å². The largest absolute Gasteiger partial charge is 0.497 e. The maximum atomic E-state index is 14.4. The highest BCUT2D eigenvalue weighted by Crippen LogP contribution is 2.43. The minimum absolute atomic E-state index is 0.0227. The van der Waals surface area contributed by atoms with E-state index in [2.05, 4.69) is 10.9 Å². The highest BCUT2D eigenvalue weighted by molar-refractivity contribution is 7.91. The Morgan fingerprint density at radius 2 is 1.61 bits per heavy atom. The normalized spacial score (nSPS) is 17.1. The van der Waals surface area contributed by atoms with Crippen LogP contribution in [0.2, 0.25) is 0 Å². The molecule has 0 bridgehead atoms. The molecule has 0 aromatic heterocycles.